The molecule has 0 saturated heterocycles. The van der Waals surface area contributed by atoms with Crippen LogP contribution in [0.1, 0.15) is 18.9 Å². The zero-order valence-electron chi connectivity index (χ0n) is 11.0. The standard InChI is InChI=1S/C14H21F2NO/c1-11(10-17-7-8-18-2)3-4-12-5-6-13(15)14(16)9-12/h5-6,9,11,17H,3-4,7-8,10H2,1-2H3. The molecular weight excluding hydrogens is 236 g/mol. The topological polar surface area (TPSA) is 21.3 Å². The third kappa shape index (κ3) is 5.56. The molecule has 0 aromatic heterocycles. The fourth-order valence-corrected chi connectivity index (χ4v) is 1.73. The molecule has 4 heteroatoms. The van der Waals surface area contributed by atoms with Gasteiger partial charge in [-0.1, -0.05) is 13.0 Å². The molecule has 0 aliphatic heterocycles. The van der Waals surface area contributed by atoms with Crippen molar-refractivity contribution in [3.8, 4) is 0 Å². The van der Waals surface area contributed by atoms with Crippen molar-refractivity contribution in [2.24, 2.45) is 5.92 Å². The highest BCUT2D eigenvalue weighted by Gasteiger charge is 2.05. The van der Waals surface area contributed by atoms with Crippen LogP contribution in [0.15, 0.2) is 18.2 Å². The Kier molecular flexibility index (Phi) is 6.83. The molecule has 1 aromatic rings. The van der Waals surface area contributed by atoms with Crippen molar-refractivity contribution in [1.82, 2.24) is 5.32 Å². The number of methoxy groups -OCH3 is 1. The number of hydrogen-bond acceptors (Lipinski definition) is 2. The lowest BCUT2D eigenvalue weighted by molar-refractivity contribution is 0.198. The lowest BCUT2D eigenvalue weighted by Gasteiger charge is -2.12. The molecule has 0 amide bonds. The van der Waals surface area contributed by atoms with E-state index in [1.165, 1.54) is 12.1 Å². The van der Waals surface area contributed by atoms with E-state index in [1.807, 2.05) is 0 Å². The number of hydrogen-bond donors (Lipinski definition) is 1. The summed E-state index contributed by atoms with van der Waals surface area (Å²) in [6.07, 6.45) is 1.72. The van der Waals surface area contributed by atoms with Crippen LogP contribution in [0.5, 0.6) is 0 Å². The molecule has 1 atom stereocenters. The van der Waals surface area contributed by atoms with Crippen LogP contribution < -0.4 is 5.32 Å². The van der Waals surface area contributed by atoms with Gasteiger partial charge in [0.25, 0.3) is 0 Å². The molecule has 1 unspecified atom stereocenters. The lowest BCUT2D eigenvalue weighted by atomic mass is 10.0. The summed E-state index contributed by atoms with van der Waals surface area (Å²) in [5, 5.41) is 3.28. The largest absolute Gasteiger partial charge is 0.383 e. The van der Waals surface area contributed by atoms with E-state index < -0.39 is 11.6 Å². The zero-order chi connectivity index (χ0) is 13.4. The summed E-state index contributed by atoms with van der Waals surface area (Å²) >= 11 is 0. The van der Waals surface area contributed by atoms with Crippen molar-refractivity contribution >= 4 is 0 Å². The van der Waals surface area contributed by atoms with Gasteiger partial charge in [0, 0.05) is 13.7 Å². The zero-order valence-corrected chi connectivity index (χ0v) is 11.0. The van der Waals surface area contributed by atoms with Crippen molar-refractivity contribution in [2.75, 3.05) is 26.8 Å². The second-order valence-electron chi connectivity index (χ2n) is 4.59. The van der Waals surface area contributed by atoms with Crippen LogP contribution in [-0.4, -0.2) is 26.8 Å². The molecule has 0 heterocycles. The van der Waals surface area contributed by atoms with Gasteiger partial charge in [-0.3, -0.25) is 0 Å². The third-order valence-corrected chi connectivity index (χ3v) is 2.89. The maximum Gasteiger partial charge on any atom is 0.159 e. The molecule has 0 aliphatic rings. The van der Waals surface area contributed by atoms with Crippen LogP contribution in [0.2, 0.25) is 0 Å². The van der Waals surface area contributed by atoms with Gasteiger partial charge >= 0.3 is 0 Å². The summed E-state index contributed by atoms with van der Waals surface area (Å²) in [6.45, 7) is 4.59. The maximum absolute atomic E-state index is 13.0. The Labute approximate surface area is 107 Å². The molecule has 1 N–H and O–H groups in total. The highest BCUT2D eigenvalue weighted by molar-refractivity contribution is 5.17. The predicted octanol–water partition coefficient (Wildman–Crippen LogP) is 2.77. The Morgan fingerprint density at radius 3 is 2.72 bits per heavy atom. The molecule has 1 aromatic carbocycles. The number of rotatable bonds is 8. The third-order valence-electron chi connectivity index (χ3n) is 2.89. The molecule has 0 aliphatic carbocycles. The van der Waals surface area contributed by atoms with Gasteiger partial charge < -0.3 is 10.1 Å². The van der Waals surface area contributed by atoms with Gasteiger partial charge in [0.2, 0.25) is 0 Å². The monoisotopic (exact) mass is 257 g/mol. The molecule has 0 spiro atoms. The summed E-state index contributed by atoms with van der Waals surface area (Å²) in [7, 11) is 1.67. The van der Waals surface area contributed by atoms with E-state index in [0.29, 0.717) is 12.5 Å². The van der Waals surface area contributed by atoms with Crippen molar-refractivity contribution in [1.29, 1.82) is 0 Å². The minimum absolute atomic E-state index is 0.495. The number of benzene rings is 1. The van der Waals surface area contributed by atoms with Gasteiger partial charge in [-0.2, -0.15) is 0 Å². The predicted molar refractivity (Wildman–Crippen MR) is 68.6 cm³/mol. The van der Waals surface area contributed by atoms with Gasteiger partial charge in [0.15, 0.2) is 11.6 Å². The molecule has 0 bridgehead atoms. The van der Waals surface area contributed by atoms with Gasteiger partial charge in [-0.05, 0) is 43.0 Å². The molecular formula is C14H21F2NO. The van der Waals surface area contributed by atoms with E-state index in [2.05, 4.69) is 12.2 Å². The van der Waals surface area contributed by atoms with E-state index >= 15 is 0 Å². The van der Waals surface area contributed by atoms with Gasteiger partial charge in [0.1, 0.15) is 0 Å². The molecule has 1 rings (SSSR count). The fraction of sp³-hybridized carbons (Fsp3) is 0.571. The van der Waals surface area contributed by atoms with E-state index in [9.17, 15) is 8.78 Å². The molecule has 0 fully saturated rings. The molecule has 0 saturated carbocycles. The number of halogens is 2. The van der Waals surface area contributed by atoms with Crippen molar-refractivity contribution in [3.63, 3.8) is 0 Å². The highest BCUT2D eigenvalue weighted by Crippen LogP contribution is 2.13. The van der Waals surface area contributed by atoms with Crippen LogP contribution in [0, 0.1) is 17.6 Å². The van der Waals surface area contributed by atoms with E-state index in [1.54, 1.807) is 13.2 Å². The van der Waals surface area contributed by atoms with E-state index in [4.69, 9.17) is 4.74 Å². The summed E-state index contributed by atoms with van der Waals surface area (Å²) in [4.78, 5) is 0. The fourth-order valence-electron chi connectivity index (χ4n) is 1.73. The first-order valence-corrected chi connectivity index (χ1v) is 6.27. The van der Waals surface area contributed by atoms with Crippen LogP contribution >= 0.6 is 0 Å². The normalized spacial score (nSPS) is 12.7. The Morgan fingerprint density at radius 1 is 1.28 bits per heavy atom. The van der Waals surface area contributed by atoms with Crippen molar-refractivity contribution < 1.29 is 13.5 Å². The van der Waals surface area contributed by atoms with Gasteiger partial charge in [0.05, 0.1) is 6.61 Å². The van der Waals surface area contributed by atoms with E-state index in [0.717, 1.165) is 31.5 Å². The number of aryl methyl sites for hydroxylation is 1. The first-order chi connectivity index (χ1) is 8.63. The first kappa shape index (κ1) is 15.1. The Bertz CT molecular complexity index is 358. The molecule has 0 radical (unpaired) electrons. The summed E-state index contributed by atoms with van der Waals surface area (Å²) in [5.74, 6) is -1.05. The van der Waals surface area contributed by atoms with Crippen molar-refractivity contribution in [3.05, 3.63) is 35.4 Å². The average Bonchev–Trinajstić information content (AvgIpc) is 2.36. The summed E-state index contributed by atoms with van der Waals surface area (Å²) in [5.41, 5.74) is 0.845. The van der Waals surface area contributed by atoms with Crippen LogP contribution in [-0.2, 0) is 11.2 Å². The van der Waals surface area contributed by atoms with E-state index in [-0.39, 0.29) is 0 Å². The Hall–Kier alpha value is -1.00. The van der Waals surface area contributed by atoms with Gasteiger partial charge in [-0.15, -0.1) is 0 Å². The second-order valence-corrected chi connectivity index (χ2v) is 4.59. The highest BCUT2D eigenvalue weighted by atomic mass is 19.2. The Balaban J connectivity index is 2.24. The smallest absolute Gasteiger partial charge is 0.159 e. The molecule has 18 heavy (non-hydrogen) atoms. The molecule has 102 valence electrons. The minimum Gasteiger partial charge on any atom is -0.383 e. The number of ether oxygens (including phenoxy) is 1. The Morgan fingerprint density at radius 2 is 2.06 bits per heavy atom. The maximum atomic E-state index is 13.0. The summed E-state index contributed by atoms with van der Waals surface area (Å²) in [6, 6.07) is 4.11. The van der Waals surface area contributed by atoms with Crippen molar-refractivity contribution in [2.45, 2.75) is 19.8 Å². The lowest BCUT2D eigenvalue weighted by Crippen LogP contribution is -2.25. The average molecular weight is 257 g/mol. The van der Waals surface area contributed by atoms with Crippen LogP contribution in [0.4, 0.5) is 8.78 Å². The summed E-state index contributed by atoms with van der Waals surface area (Å²) < 4.78 is 30.7. The SMILES string of the molecule is COCCNCC(C)CCc1ccc(F)c(F)c1. The molecule has 2 nitrogen and oxygen atoms in total. The van der Waals surface area contributed by atoms with Crippen LogP contribution in [0.25, 0.3) is 0 Å². The quantitative estimate of drug-likeness (QED) is 0.723. The number of nitrogens with one attached hydrogen (secondary N) is 1. The first-order valence-electron chi connectivity index (χ1n) is 6.27. The van der Waals surface area contributed by atoms with Gasteiger partial charge in [-0.25, -0.2) is 8.78 Å². The second kappa shape index (κ2) is 8.16. The minimum atomic E-state index is -0.784. The van der Waals surface area contributed by atoms with Crippen LogP contribution in [0.3, 0.4) is 0 Å².